The van der Waals surface area contributed by atoms with Gasteiger partial charge in [0.05, 0.1) is 0 Å². The van der Waals surface area contributed by atoms with E-state index < -0.39 is 0 Å². The maximum absolute atomic E-state index is 2.18. The van der Waals surface area contributed by atoms with Crippen molar-refractivity contribution in [3.05, 3.63) is 0 Å². The van der Waals surface area contributed by atoms with Crippen molar-refractivity contribution in [3.8, 4) is 0 Å². The van der Waals surface area contributed by atoms with Crippen molar-refractivity contribution < 1.29 is 0 Å². The molecule has 0 nitrogen and oxygen atoms in total. The van der Waals surface area contributed by atoms with Gasteiger partial charge in [-0.3, -0.25) is 0 Å². The molecule has 0 aromatic carbocycles. The molecule has 0 bridgehead atoms. The Morgan fingerprint density at radius 2 is 0.538 bits per heavy atom. The first-order valence-electron chi connectivity index (χ1n) is 6.24. The van der Waals surface area contributed by atoms with Gasteiger partial charge in [-0.15, -0.1) is 0 Å². The Morgan fingerprint density at radius 3 is 0.538 bits per heavy atom. The lowest BCUT2D eigenvalue weighted by Gasteiger charge is -1.68. The molecule has 0 aromatic rings. The van der Waals surface area contributed by atoms with Crippen LogP contribution in [0, 0.1) is 0 Å². The van der Waals surface area contributed by atoms with Crippen LogP contribution in [0.1, 0.15) is 87.5 Å². The first-order chi connectivity index (χ1) is 6.24. The van der Waals surface area contributed by atoms with Crippen LogP contribution in [0.15, 0.2) is 0 Å². The summed E-state index contributed by atoms with van der Waals surface area (Å²) in [7, 11) is 0. The van der Waals surface area contributed by atoms with Gasteiger partial charge in [-0.25, -0.2) is 0 Å². The molecule has 0 saturated heterocycles. The van der Waals surface area contributed by atoms with Crippen LogP contribution in [-0.4, -0.2) is 0 Å². The summed E-state index contributed by atoms with van der Waals surface area (Å²) < 4.78 is 0. The molecular weight excluding hydrogens is 156 g/mol. The quantitative estimate of drug-likeness (QED) is 0.497. The number of hydrogen-bond donors (Lipinski definition) is 0. The van der Waals surface area contributed by atoms with Crippen LogP contribution >= 0.6 is 0 Å². The molecule has 13 heavy (non-hydrogen) atoms. The molecule has 0 aromatic heterocycles. The van der Waals surface area contributed by atoms with Crippen LogP contribution in [0.4, 0.5) is 0 Å². The molecule has 0 aliphatic carbocycles. The Morgan fingerprint density at radius 1 is 0.462 bits per heavy atom. The molecule has 0 heteroatoms. The minimum absolute atomic E-state index is 1.25. The fourth-order valence-electron chi connectivity index (χ4n) is 0. The molecule has 0 rings (SSSR count). The van der Waals surface area contributed by atoms with Crippen molar-refractivity contribution in [3.63, 3.8) is 0 Å². The minimum atomic E-state index is 1.25. The highest BCUT2D eigenvalue weighted by molar-refractivity contribution is 4.13. The number of unbranched alkanes of at least 4 members (excludes halogenated alkanes) is 2. The monoisotopic (exact) mass is 190 g/mol. The molecule has 0 radical (unpaired) electrons. The highest BCUT2D eigenvalue weighted by Crippen LogP contribution is 1.77. The molecule has 0 N–H and O–H groups in total. The van der Waals surface area contributed by atoms with Crippen LogP contribution in [0.2, 0.25) is 0 Å². The van der Waals surface area contributed by atoms with Gasteiger partial charge < -0.3 is 0 Å². The third-order valence-electron chi connectivity index (χ3n) is 1.000. The molecular formula is C13H34. The summed E-state index contributed by atoms with van der Waals surface area (Å²) in [4.78, 5) is 0. The molecule has 0 atom stereocenters. The van der Waals surface area contributed by atoms with E-state index in [-0.39, 0.29) is 0 Å². The van der Waals surface area contributed by atoms with Crippen molar-refractivity contribution in [1.82, 2.24) is 0 Å². The SMILES string of the molecule is CC.CCC.CCCC.CCCC. The van der Waals surface area contributed by atoms with E-state index in [9.17, 15) is 0 Å². The second-order valence-corrected chi connectivity index (χ2v) is 2.71. The second-order valence-electron chi connectivity index (χ2n) is 2.71. The molecule has 0 unspecified atom stereocenters. The highest BCUT2D eigenvalue weighted by Gasteiger charge is 1.56. The topological polar surface area (TPSA) is 0 Å². The number of rotatable bonds is 2. The van der Waals surface area contributed by atoms with Crippen LogP contribution < -0.4 is 0 Å². The smallest absolute Gasteiger partial charge is 0.0564 e. The van der Waals surface area contributed by atoms with Crippen LogP contribution in [0.5, 0.6) is 0 Å². The normalized spacial score (nSPS) is 6.46. The highest BCUT2D eigenvalue weighted by atomic mass is 13.6. The van der Waals surface area contributed by atoms with Crippen LogP contribution in [0.25, 0.3) is 0 Å². The first-order valence-corrected chi connectivity index (χ1v) is 6.24. The van der Waals surface area contributed by atoms with Gasteiger partial charge in [-0.1, -0.05) is 87.5 Å². The Kier molecular flexibility index (Phi) is 103. The van der Waals surface area contributed by atoms with Crippen molar-refractivity contribution >= 4 is 0 Å². The number of hydrogen-bond acceptors (Lipinski definition) is 0. The van der Waals surface area contributed by atoms with E-state index in [0.29, 0.717) is 0 Å². The zero-order chi connectivity index (χ0) is 11.5. The Labute approximate surface area is 88.1 Å². The average molecular weight is 190 g/mol. The Hall–Kier alpha value is 0. The van der Waals surface area contributed by atoms with E-state index >= 15 is 0 Å². The molecule has 0 heterocycles. The first kappa shape index (κ1) is 23.1. The van der Waals surface area contributed by atoms with Crippen LogP contribution in [-0.2, 0) is 0 Å². The minimum Gasteiger partial charge on any atom is -0.0683 e. The maximum atomic E-state index is 2.18. The largest absolute Gasteiger partial charge is 0.0683 e. The summed E-state index contributed by atoms with van der Waals surface area (Å²) in [5.41, 5.74) is 0. The van der Waals surface area contributed by atoms with Gasteiger partial charge in [0, 0.05) is 0 Å². The third kappa shape index (κ3) is 300. The van der Waals surface area contributed by atoms with Gasteiger partial charge >= 0.3 is 0 Å². The molecule has 0 amide bonds. The fraction of sp³-hybridized carbons (Fsp3) is 1.00. The molecule has 0 fully saturated rings. The average Bonchev–Trinajstić information content (AvgIpc) is 2.22. The van der Waals surface area contributed by atoms with Crippen LogP contribution in [0.3, 0.4) is 0 Å². The van der Waals surface area contributed by atoms with E-state index in [4.69, 9.17) is 0 Å². The van der Waals surface area contributed by atoms with Crippen molar-refractivity contribution in [2.24, 2.45) is 0 Å². The van der Waals surface area contributed by atoms with E-state index in [0.717, 1.165) is 0 Å². The molecule has 86 valence electrons. The third-order valence-corrected chi connectivity index (χ3v) is 1.000. The predicted molar refractivity (Wildman–Crippen MR) is 68.5 cm³/mol. The predicted octanol–water partition coefficient (Wildman–Crippen LogP) is 6.06. The lowest BCUT2D eigenvalue weighted by Crippen LogP contribution is -1.47. The van der Waals surface area contributed by atoms with E-state index in [1.807, 2.05) is 13.8 Å². The summed E-state index contributed by atoms with van der Waals surface area (Å²) in [5.74, 6) is 0. The van der Waals surface area contributed by atoms with Gasteiger partial charge in [0.15, 0.2) is 0 Å². The Bertz CT molecular complexity index is 15.2. The van der Waals surface area contributed by atoms with E-state index in [1.54, 1.807) is 0 Å². The summed E-state index contributed by atoms with van der Waals surface area (Å²) >= 11 is 0. The van der Waals surface area contributed by atoms with Gasteiger partial charge in [0.2, 0.25) is 0 Å². The van der Waals surface area contributed by atoms with Gasteiger partial charge in [-0.2, -0.15) is 0 Å². The maximum Gasteiger partial charge on any atom is -0.0564 e. The van der Waals surface area contributed by atoms with Crippen molar-refractivity contribution in [2.45, 2.75) is 87.5 Å². The molecule has 0 aliphatic rings. The molecule has 0 spiro atoms. The lowest BCUT2D eigenvalue weighted by atomic mass is 10.4. The van der Waals surface area contributed by atoms with E-state index in [2.05, 4.69) is 41.5 Å². The summed E-state index contributed by atoms with van der Waals surface area (Å²) in [6, 6.07) is 0. The zero-order valence-corrected chi connectivity index (χ0v) is 11.5. The summed E-state index contributed by atoms with van der Waals surface area (Å²) in [5, 5.41) is 0. The van der Waals surface area contributed by atoms with Gasteiger partial charge in [0.25, 0.3) is 0 Å². The van der Waals surface area contributed by atoms with Gasteiger partial charge in [0.1, 0.15) is 0 Å². The summed E-state index contributed by atoms with van der Waals surface area (Å²) in [6.45, 7) is 17.0. The fourth-order valence-corrected chi connectivity index (χ4v) is 0. The van der Waals surface area contributed by atoms with Crippen molar-refractivity contribution in [2.75, 3.05) is 0 Å². The lowest BCUT2D eigenvalue weighted by molar-refractivity contribution is 0.886. The zero-order valence-electron chi connectivity index (χ0n) is 11.5. The Balaban J connectivity index is -0.0000000431. The molecule has 0 aliphatic heterocycles. The summed E-state index contributed by atoms with van der Waals surface area (Å²) in [6.07, 6.45) is 6.53. The second kappa shape index (κ2) is 58.1. The standard InChI is InChI=1S/2C4H10.C3H8.C2H6/c2*1-3-4-2;1-3-2;1-2/h2*3-4H2,1-2H3;3H2,1-2H3;1-2H3. The van der Waals surface area contributed by atoms with Crippen molar-refractivity contribution in [1.29, 1.82) is 0 Å². The van der Waals surface area contributed by atoms with E-state index in [1.165, 1.54) is 32.1 Å². The van der Waals surface area contributed by atoms with Gasteiger partial charge in [-0.05, 0) is 0 Å². The molecule has 0 saturated carbocycles.